The van der Waals surface area contributed by atoms with Crippen molar-refractivity contribution in [1.29, 1.82) is 0 Å². The monoisotopic (exact) mass is 376 g/mol. The van der Waals surface area contributed by atoms with Crippen molar-refractivity contribution in [3.05, 3.63) is 28.0 Å². The van der Waals surface area contributed by atoms with Crippen LogP contribution in [0.25, 0.3) is 0 Å². The molecule has 1 saturated carbocycles. The summed E-state index contributed by atoms with van der Waals surface area (Å²) in [7, 11) is -4.22. The second kappa shape index (κ2) is 5.03. The second-order valence-electron chi connectivity index (χ2n) is 5.60. The first-order valence-electron chi connectivity index (χ1n) is 6.60. The Morgan fingerprint density at radius 2 is 2.10 bits per heavy atom. The Morgan fingerprint density at radius 1 is 1.38 bits per heavy atom. The van der Waals surface area contributed by atoms with E-state index < -0.39 is 26.6 Å². The van der Waals surface area contributed by atoms with Crippen LogP contribution in [0.4, 0.5) is 4.39 Å². The van der Waals surface area contributed by atoms with Gasteiger partial charge in [-0.3, -0.25) is 4.79 Å². The number of sulfonamides is 1. The van der Waals surface area contributed by atoms with Crippen LogP contribution in [0.5, 0.6) is 0 Å². The van der Waals surface area contributed by atoms with Crippen LogP contribution in [-0.4, -0.2) is 31.8 Å². The molecule has 0 radical (unpaired) electrons. The molecule has 1 aromatic carbocycles. The number of piperidine rings is 1. The Morgan fingerprint density at radius 3 is 2.62 bits per heavy atom. The number of nitrogens with two attached hydrogens (primary N) is 1. The average Bonchev–Trinajstić information content (AvgIpc) is 3.01. The molecule has 1 heterocycles. The van der Waals surface area contributed by atoms with E-state index in [-0.39, 0.29) is 11.6 Å². The summed E-state index contributed by atoms with van der Waals surface area (Å²) < 4.78 is 37.5. The van der Waals surface area contributed by atoms with Gasteiger partial charge < -0.3 is 4.90 Å². The van der Waals surface area contributed by atoms with Gasteiger partial charge in [0.25, 0.3) is 5.91 Å². The van der Waals surface area contributed by atoms with Crippen molar-refractivity contribution in [2.45, 2.75) is 30.2 Å². The molecule has 1 saturated heterocycles. The molecule has 2 aliphatic rings. The summed E-state index contributed by atoms with van der Waals surface area (Å²) in [5.41, 5.74) is -0.249. The van der Waals surface area contributed by atoms with E-state index in [4.69, 9.17) is 5.14 Å². The minimum absolute atomic E-state index is 0.138. The first kappa shape index (κ1) is 14.9. The standard InChI is InChI=1S/C13H14BrFN2O3S/c14-8-4-10(12(15)11(5-8)21(16,19)20)13(18)17-6-7-1-2-9(17)3-7/h4-5,7,9H,1-3,6H2,(H2,16,19,20). The van der Waals surface area contributed by atoms with Crippen LogP contribution >= 0.6 is 15.9 Å². The summed E-state index contributed by atoms with van der Waals surface area (Å²) in [5, 5.41) is 5.00. The molecule has 2 fully saturated rings. The number of likely N-dealkylation sites (tertiary alicyclic amines) is 1. The third-order valence-corrected chi connectivity index (χ3v) is 5.58. The Bertz CT molecular complexity index is 722. The molecule has 8 heteroatoms. The number of benzene rings is 1. The highest BCUT2D eigenvalue weighted by molar-refractivity contribution is 9.10. The van der Waals surface area contributed by atoms with Gasteiger partial charge in [0, 0.05) is 17.1 Å². The van der Waals surface area contributed by atoms with Crippen molar-refractivity contribution in [2.75, 3.05) is 6.54 Å². The van der Waals surface area contributed by atoms with E-state index in [1.165, 1.54) is 6.07 Å². The molecule has 2 N–H and O–H groups in total. The zero-order valence-electron chi connectivity index (χ0n) is 11.1. The maximum absolute atomic E-state index is 14.4. The lowest BCUT2D eigenvalue weighted by atomic mass is 10.1. The predicted molar refractivity (Wildman–Crippen MR) is 77.6 cm³/mol. The lowest BCUT2D eigenvalue weighted by molar-refractivity contribution is 0.0698. The number of carbonyl (C=O) groups is 1. The molecule has 2 atom stereocenters. The van der Waals surface area contributed by atoms with E-state index in [9.17, 15) is 17.6 Å². The van der Waals surface area contributed by atoms with E-state index in [0.29, 0.717) is 16.9 Å². The van der Waals surface area contributed by atoms with Gasteiger partial charge in [-0.25, -0.2) is 17.9 Å². The molecule has 2 bridgehead atoms. The minimum Gasteiger partial charge on any atom is -0.335 e. The lowest BCUT2D eigenvalue weighted by Crippen LogP contribution is -2.38. The molecule has 1 aromatic rings. The number of rotatable bonds is 2. The van der Waals surface area contributed by atoms with Crippen LogP contribution in [0.15, 0.2) is 21.5 Å². The highest BCUT2D eigenvalue weighted by Crippen LogP contribution is 2.38. The molecule has 3 rings (SSSR count). The third-order valence-electron chi connectivity index (χ3n) is 4.21. The molecule has 114 valence electrons. The maximum Gasteiger partial charge on any atom is 0.257 e. The van der Waals surface area contributed by atoms with Gasteiger partial charge in [0.15, 0.2) is 5.82 Å². The highest BCUT2D eigenvalue weighted by Gasteiger charge is 2.41. The van der Waals surface area contributed by atoms with Gasteiger partial charge in [0.1, 0.15) is 4.90 Å². The van der Waals surface area contributed by atoms with Crippen LogP contribution in [0.1, 0.15) is 29.6 Å². The van der Waals surface area contributed by atoms with Crippen molar-refractivity contribution in [1.82, 2.24) is 4.90 Å². The molecule has 1 aliphatic carbocycles. The van der Waals surface area contributed by atoms with Gasteiger partial charge in [-0.1, -0.05) is 15.9 Å². The van der Waals surface area contributed by atoms with Crippen molar-refractivity contribution in [3.63, 3.8) is 0 Å². The van der Waals surface area contributed by atoms with E-state index in [1.54, 1.807) is 4.90 Å². The maximum atomic E-state index is 14.4. The summed E-state index contributed by atoms with van der Waals surface area (Å²) in [5.74, 6) is -1.06. The smallest absolute Gasteiger partial charge is 0.257 e. The van der Waals surface area contributed by atoms with Crippen molar-refractivity contribution in [2.24, 2.45) is 11.1 Å². The van der Waals surface area contributed by atoms with E-state index in [1.807, 2.05) is 0 Å². The van der Waals surface area contributed by atoms with Gasteiger partial charge in [-0.15, -0.1) is 0 Å². The number of fused-ring (bicyclic) bond motifs is 2. The van der Waals surface area contributed by atoms with Gasteiger partial charge in [-0.2, -0.15) is 0 Å². The molecule has 1 aliphatic heterocycles. The summed E-state index contributed by atoms with van der Waals surface area (Å²) in [6, 6.07) is 2.51. The predicted octanol–water partition coefficient (Wildman–Crippen LogP) is 1.86. The van der Waals surface area contributed by atoms with Crippen LogP contribution in [0.3, 0.4) is 0 Å². The van der Waals surface area contributed by atoms with E-state index in [0.717, 1.165) is 25.3 Å². The summed E-state index contributed by atoms with van der Waals surface area (Å²) in [6.07, 6.45) is 2.97. The topological polar surface area (TPSA) is 80.5 Å². The molecule has 2 unspecified atom stereocenters. The van der Waals surface area contributed by atoms with Crippen LogP contribution in [-0.2, 0) is 10.0 Å². The Labute approximate surface area is 130 Å². The molecule has 0 spiro atoms. The third kappa shape index (κ3) is 2.60. The van der Waals surface area contributed by atoms with Crippen molar-refractivity contribution >= 4 is 31.9 Å². The summed E-state index contributed by atoms with van der Waals surface area (Å²) >= 11 is 3.10. The number of hydrogen-bond acceptors (Lipinski definition) is 3. The number of amides is 1. The number of carbonyl (C=O) groups excluding carboxylic acids is 1. The number of nitrogens with zero attached hydrogens (tertiary/aromatic N) is 1. The fourth-order valence-electron chi connectivity index (χ4n) is 3.26. The molecule has 0 aromatic heterocycles. The van der Waals surface area contributed by atoms with Crippen molar-refractivity contribution < 1.29 is 17.6 Å². The molecule has 21 heavy (non-hydrogen) atoms. The molecular weight excluding hydrogens is 363 g/mol. The summed E-state index contributed by atoms with van der Waals surface area (Å²) in [6.45, 7) is 0.611. The van der Waals surface area contributed by atoms with Crippen LogP contribution in [0.2, 0.25) is 0 Å². The first-order chi connectivity index (χ1) is 9.77. The highest BCUT2D eigenvalue weighted by atomic mass is 79.9. The number of halogens is 2. The average molecular weight is 377 g/mol. The Kier molecular flexibility index (Phi) is 3.58. The largest absolute Gasteiger partial charge is 0.335 e. The van der Waals surface area contributed by atoms with Gasteiger partial charge in [0.2, 0.25) is 10.0 Å². The van der Waals surface area contributed by atoms with Gasteiger partial charge >= 0.3 is 0 Å². The molecular formula is C13H14BrFN2O3S. The van der Waals surface area contributed by atoms with Crippen LogP contribution < -0.4 is 5.14 Å². The first-order valence-corrected chi connectivity index (χ1v) is 8.94. The fraction of sp³-hybridized carbons (Fsp3) is 0.462. The molecule has 1 amide bonds. The zero-order valence-corrected chi connectivity index (χ0v) is 13.5. The van der Waals surface area contributed by atoms with E-state index >= 15 is 0 Å². The van der Waals surface area contributed by atoms with Gasteiger partial charge in [-0.05, 0) is 37.3 Å². The normalized spacial score (nSPS) is 24.6. The Balaban J connectivity index is 2.03. The van der Waals surface area contributed by atoms with Gasteiger partial charge in [0.05, 0.1) is 5.56 Å². The fourth-order valence-corrected chi connectivity index (χ4v) is 4.52. The second-order valence-corrected chi connectivity index (χ2v) is 8.05. The Hall–Kier alpha value is -0.990. The van der Waals surface area contributed by atoms with Crippen LogP contribution in [0, 0.1) is 11.7 Å². The quantitative estimate of drug-likeness (QED) is 0.855. The number of hydrogen-bond donors (Lipinski definition) is 1. The van der Waals surface area contributed by atoms with Crippen molar-refractivity contribution in [3.8, 4) is 0 Å². The summed E-state index contributed by atoms with van der Waals surface area (Å²) in [4.78, 5) is 13.5. The minimum atomic E-state index is -4.22. The SMILES string of the molecule is NS(=O)(=O)c1cc(Br)cc(C(=O)N2CC3CCC2C3)c1F. The van der Waals surface area contributed by atoms with E-state index in [2.05, 4.69) is 15.9 Å². The number of primary sulfonamides is 1. The lowest BCUT2D eigenvalue weighted by Gasteiger charge is -2.27. The molecule has 5 nitrogen and oxygen atoms in total. The zero-order chi connectivity index (χ0) is 15.4.